The Morgan fingerprint density at radius 1 is 1.20 bits per heavy atom. The van der Waals surface area contributed by atoms with Crippen LogP contribution in [0, 0.1) is 5.41 Å². The number of hydrogen-bond donors (Lipinski definition) is 0. The summed E-state index contributed by atoms with van der Waals surface area (Å²) in [4.78, 5) is 14.7. The van der Waals surface area contributed by atoms with Gasteiger partial charge in [0.25, 0.3) is 0 Å². The van der Waals surface area contributed by atoms with Gasteiger partial charge in [-0.1, -0.05) is 34.6 Å². The predicted molar refractivity (Wildman–Crippen MR) is 80.6 cm³/mol. The van der Waals surface area contributed by atoms with E-state index in [4.69, 9.17) is 9.47 Å². The third-order valence-corrected chi connectivity index (χ3v) is 4.43. The van der Waals surface area contributed by atoms with Crippen LogP contribution in [0.1, 0.15) is 41.0 Å². The molecular weight excluding hydrogens is 254 g/mol. The molecule has 116 valence electrons. The second kappa shape index (κ2) is 6.27. The Morgan fingerprint density at radius 3 is 2.10 bits per heavy atom. The number of ketones is 1. The summed E-state index contributed by atoms with van der Waals surface area (Å²) in [5.41, 5.74) is -0.0808. The number of nitrogens with zero attached hydrogens (tertiary/aromatic N) is 1. The van der Waals surface area contributed by atoms with E-state index in [0.29, 0.717) is 18.7 Å². The minimum atomic E-state index is -0.651. The van der Waals surface area contributed by atoms with Crippen LogP contribution in [0.15, 0.2) is 11.3 Å². The number of methoxy groups -OCH3 is 2. The molecule has 0 unspecified atom stereocenters. The zero-order valence-electron chi connectivity index (χ0n) is 14.0. The maximum absolute atomic E-state index is 12.5. The lowest BCUT2D eigenvalue weighted by atomic mass is 9.74. The van der Waals surface area contributed by atoms with Crippen molar-refractivity contribution in [2.24, 2.45) is 5.41 Å². The number of carbonyl (C=O) groups is 1. The fraction of sp³-hybridized carbons (Fsp3) is 0.812. The maximum atomic E-state index is 12.5. The lowest BCUT2D eigenvalue weighted by Gasteiger charge is -2.41. The molecule has 0 aromatic carbocycles. The van der Waals surface area contributed by atoms with Crippen molar-refractivity contribution >= 4 is 5.78 Å². The zero-order valence-corrected chi connectivity index (χ0v) is 14.0. The van der Waals surface area contributed by atoms with Gasteiger partial charge in [-0.2, -0.15) is 0 Å². The third kappa shape index (κ3) is 2.77. The van der Waals surface area contributed by atoms with Gasteiger partial charge in [-0.25, -0.2) is 0 Å². The highest BCUT2D eigenvalue weighted by atomic mass is 16.5. The fourth-order valence-corrected chi connectivity index (χ4v) is 2.98. The summed E-state index contributed by atoms with van der Waals surface area (Å²) < 4.78 is 11.4. The summed E-state index contributed by atoms with van der Waals surface area (Å²) >= 11 is 0. The van der Waals surface area contributed by atoms with E-state index < -0.39 is 5.60 Å². The summed E-state index contributed by atoms with van der Waals surface area (Å²) in [7, 11) is 3.30. The van der Waals surface area contributed by atoms with Crippen molar-refractivity contribution in [2.45, 2.75) is 46.6 Å². The van der Waals surface area contributed by atoms with Gasteiger partial charge in [-0.3, -0.25) is 9.69 Å². The Balaban J connectivity index is 3.27. The molecule has 0 amide bonds. The van der Waals surface area contributed by atoms with E-state index in [1.165, 1.54) is 0 Å². The van der Waals surface area contributed by atoms with E-state index in [1.807, 2.05) is 0 Å². The average molecular weight is 283 g/mol. The number of hydrogen-bond acceptors (Lipinski definition) is 4. The first-order valence-corrected chi connectivity index (χ1v) is 7.35. The van der Waals surface area contributed by atoms with E-state index in [2.05, 4.69) is 39.5 Å². The molecular formula is C16H29NO3. The highest BCUT2D eigenvalue weighted by Crippen LogP contribution is 2.48. The van der Waals surface area contributed by atoms with Gasteiger partial charge in [0.1, 0.15) is 11.4 Å². The molecule has 0 saturated carbocycles. The Labute approximate surface area is 123 Å². The summed E-state index contributed by atoms with van der Waals surface area (Å²) in [5, 5.41) is 0. The predicted octanol–water partition coefficient (Wildman–Crippen LogP) is 2.63. The standard InChI is InChI=1S/C16H29NO3/c1-8-17(9-2)11-12-13(18)10-16(20-7,14(12)19-6)15(3,4)5/h8-11H2,1-7H3/t16-/m0/s1. The number of ether oxygens (including phenoxy) is 2. The SMILES string of the molecule is CCN(CC)CC1=C(OC)[C@](OC)(C(C)(C)C)CC1=O. The van der Waals surface area contributed by atoms with Crippen molar-refractivity contribution in [3.63, 3.8) is 0 Å². The van der Waals surface area contributed by atoms with Crippen molar-refractivity contribution in [1.82, 2.24) is 4.90 Å². The molecule has 0 bridgehead atoms. The smallest absolute Gasteiger partial charge is 0.167 e. The first-order chi connectivity index (χ1) is 9.27. The molecule has 4 nitrogen and oxygen atoms in total. The number of rotatable bonds is 6. The molecule has 1 rings (SSSR count). The Hall–Kier alpha value is -0.870. The third-order valence-electron chi connectivity index (χ3n) is 4.43. The van der Waals surface area contributed by atoms with Gasteiger partial charge >= 0.3 is 0 Å². The van der Waals surface area contributed by atoms with Crippen LogP contribution >= 0.6 is 0 Å². The summed E-state index contributed by atoms with van der Waals surface area (Å²) in [6.45, 7) is 12.9. The first kappa shape index (κ1) is 17.2. The lowest BCUT2D eigenvalue weighted by Crippen LogP contribution is -2.45. The molecule has 0 fully saturated rings. The topological polar surface area (TPSA) is 38.8 Å². The molecule has 0 aromatic heterocycles. The lowest BCUT2D eigenvalue weighted by molar-refractivity contribution is -0.125. The summed E-state index contributed by atoms with van der Waals surface area (Å²) in [6, 6.07) is 0. The highest BCUT2D eigenvalue weighted by Gasteiger charge is 2.54. The minimum absolute atomic E-state index is 0.144. The number of carbonyl (C=O) groups excluding carboxylic acids is 1. The molecule has 0 aromatic rings. The molecule has 0 saturated heterocycles. The number of likely N-dealkylation sites (N-methyl/N-ethyl adjacent to an activating group) is 1. The van der Waals surface area contributed by atoms with E-state index >= 15 is 0 Å². The van der Waals surface area contributed by atoms with Gasteiger partial charge in [0.05, 0.1) is 12.7 Å². The second-order valence-corrected chi connectivity index (χ2v) is 6.35. The minimum Gasteiger partial charge on any atom is -0.498 e. The van der Waals surface area contributed by atoms with Gasteiger partial charge < -0.3 is 9.47 Å². The van der Waals surface area contributed by atoms with Crippen LogP contribution in [0.3, 0.4) is 0 Å². The van der Waals surface area contributed by atoms with Crippen LogP contribution in [0.2, 0.25) is 0 Å². The van der Waals surface area contributed by atoms with Crippen LogP contribution in [-0.2, 0) is 14.3 Å². The van der Waals surface area contributed by atoms with Gasteiger partial charge in [0.2, 0.25) is 0 Å². The summed E-state index contributed by atoms with van der Waals surface area (Å²) in [6.07, 6.45) is 0.368. The van der Waals surface area contributed by atoms with Crippen LogP contribution in [0.5, 0.6) is 0 Å². The molecule has 20 heavy (non-hydrogen) atoms. The zero-order chi connectivity index (χ0) is 15.6. The maximum Gasteiger partial charge on any atom is 0.167 e. The molecule has 1 atom stereocenters. The van der Waals surface area contributed by atoms with E-state index in [-0.39, 0.29) is 11.2 Å². The normalized spacial score (nSPS) is 23.9. The van der Waals surface area contributed by atoms with Crippen LogP contribution < -0.4 is 0 Å². The van der Waals surface area contributed by atoms with E-state index in [0.717, 1.165) is 18.7 Å². The van der Waals surface area contributed by atoms with Crippen molar-refractivity contribution in [1.29, 1.82) is 0 Å². The fourth-order valence-electron chi connectivity index (χ4n) is 2.98. The Kier molecular flexibility index (Phi) is 5.39. The molecule has 1 aliphatic rings. The molecule has 0 heterocycles. The van der Waals surface area contributed by atoms with E-state index in [9.17, 15) is 4.79 Å². The summed E-state index contributed by atoms with van der Waals surface area (Å²) in [5.74, 6) is 0.856. The molecule has 0 spiro atoms. The van der Waals surface area contributed by atoms with Gasteiger partial charge in [0, 0.05) is 20.1 Å². The molecule has 0 N–H and O–H groups in total. The van der Waals surface area contributed by atoms with Crippen molar-refractivity contribution in [3.8, 4) is 0 Å². The second-order valence-electron chi connectivity index (χ2n) is 6.35. The molecule has 0 aliphatic heterocycles. The largest absolute Gasteiger partial charge is 0.498 e. The van der Waals surface area contributed by atoms with Gasteiger partial charge in [-0.05, 0) is 18.5 Å². The Bertz CT molecular complexity index is 391. The van der Waals surface area contributed by atoms with Crippen LogP contribution in [-0.4, -0.2) is 50.1 Å². The van der Waals surface area contributed by atoms with Crippen LogP contribution in [0.25, 0.3) is 0 Å². The quantitative estimate of drug-likeness (QED) is 0.751. The van der Waals surface area contributed by atoms with Crippen LogP contribution in [0.4, 0.5) is 0 Å². The van der Waals surface area contributed by atoms with Gasteiger partial charge in [0.15, 0.2) is 5.78 Å². The monoisotopic (exact) mass is 283 g/mol. The van der Waals surface area contributed by atoms with Crippen molar-refractivity contribution in [2.75, 3.05) is 33.9 Å². The average Bonchev–Trinajstić information content (AvgIpc) is 2.68. The molecule has 0 radical (unpaired) electrons. The number of Topliss-reactive ketones (excluding diaryl/α,β-unsaturated/α-hetero) is 1. The molecule has 1 aliphatic carbocycles. The van der Waals surface area contributed by atoms with Gasteiger partial charge in [-0.15, -0.1) is 0 Å². The van der Waals surface area contributed by atoms with Crippen molar-refractivity contribution in [3.05, 3.63) is 11.3 Å². The Morgan fingerprint density at radius 2 is 1.75 bits per heavy atom. The molecule has 4 heteroatoms. The van der Waals surface area contributed by atoms with Crippen molar-refractivity contribution < 1.29 is 14.3 Å². The first-order valence-electron chi connectivity index (χ1n) is 7.35. The highest BCUT2D eigenvalue weighted by molar-refractivity contribution is 6.00. The van der Waals surface area contributed by atoms with E-state index in [1.54, 1.807) is 14.2 Å².